The first-order valence-corrected chi connectivity index (χ1v) is 5.39. The van der Waals surface area contributed by atoms with Crippen LogP contribution in [0.2, 0.25) is 0 Å². The average Bonchev–Trinajstić information content (AvgIpc) is 2.39. The minimum Gasteiger partial charge on any atom is -0.508 e. The molecule has 2 rings (SSSR count). The summed E-state index contributed by atoms with van der Waals surface area (Å²) in [5.74, 6) is -2.05. The van der Waals surface area contributed by atoms with Crippen LogP contribution in [-0.2, 0) is 0 Å². The standard InChI is InChI=1S/C14H10O5/c15-10-4-1-8(2-5-10)13(17)9-3-6-12(16)11(7-9)14(18)19/h1-7,15-16H,(H,18,19). The zero-order valence-electron chi connectivity index (χ0n) is 9.70. The van der Waals surface area contributed by atoms with Gasteiger partial charge in [0, 0.05) is 11.1 Å². The maximum atomic E-state index is 12.1. The minimum absolute atomic E-state index is 0.0356. The predicted octanol–water partition coefficient (Wildman–Crippen LogP) is 2.03. The number of phenols is 2. The maximum Gasteiger partial charge on any atom is 0.339 e. The Hall–Kier alpha value is -2.82. The lowest BCUT2D eigenvalue weighted by molar-refractivity contribution is 0.0693. The van der Waals surface area contributed by atoms with Crippen LogP contribution in [0.4, 0.5) is 0 Å². The van der Waals surface area contributed by atoms with E-state index in [1.165, 1.54) is 30.3 Å². The lowest BCUT2D eigenvalue weighted by atomic mass is 10.0. The van der Waals surface area contributed by atoms with Crippen molar-refractivity contribution >= 4 is 11.8 Å². The van der Waals surface area contributed by atoms with Crippen LogP contribution in [0.5, 0.6) is 11.5 Å². The number of aromatic hydroxyl groups is 2. The number of aromatic carboxylic acids is 1. The molecule has 5 nitrogen and oxygen atoms in total. The van der Waals surface area contributed by atoms with Gasteiger partial charge < -0.3 is 15.3 Å². The molecule has 0 aliphatic heterocycles. The van der Waals surface area contributed by atoms with Crippen LogP contribution in [0.25, 0.3) is 0 Å². The van der Waals surface area contributed by atoms with E-state index in [0.717, 1.165) is 12.1 Å². The van der Waals surface area contributed by atoms with Crippen molar-refractivity contribution in [2.45, 2.75) is 0 Å². The first-order chi connectivity index (χ1) is 8.99. The highest BCUT2D eigenvalue weighted by atomic mass is 16.4. The van der Waals surface area contributed by atoms with Gasteiger partial charge in [0.2, 0.25) is 0 Å². The van der Waals surface area contributed by atoms with E-state index >= 15 is 0 Å². The quantitative estimate of drug-likeness (QED) is 0.732. The Morgan fingerprint density at radius 2 is 1.42 bits per heavy atom. The summed E-state index contributed by atoms with van der Waals surface area (Å²) in [7, 11) is 0. The number of carboxylic acids is 1. The molecule has 0 atom stereocenters. The topological polar surface area (TPSA) is 94.8 Å². The highest BCUT2D eigenvalue weighted by Crippen LogP contribution is 2.21. The number of hydrogen-bond acceptors (Lipinski definition) is 4. The van der Waals surface area contributed by atoms with Gasteiger partial charge in [-0.15, -0.1) is 0 Å². The van der Waals surface area contributed by atoms with E-state index in [2.05, 4.69) is 0 Å². The van der Waals surface area contributed by atoms with Crippen molar-refractivity contribution in [1.29, 1.82) is 0 Å². The van der Waals surface area contributed by atoms with E-state index in [1.807, 2.05) is 0 Å². The Morgan fingerprint density at radius 3 is 2.00 bits per heavy atom. The molecule has 3 N–H and O–H groups in total. The van der Waals surface area contributed by atoms with Crippen molar-refractivity contribution in [1.82, 2.24) is 0 Å². The molecule has 0 fully saturated rings. The molecule has 0 aromatic heterocycles. The van der Waals surface area contributed by atoms with Gasteiger partial charge in [0.25, 0.3) is 0 Å². The Kier molecular flexibility index (Phi) is 3.20. The Morgan fingerprint density at radius 1 is 0.842 bits per heavy atom. The Bertz CT molecular complexity index is 643. The summed E-state index contributed by atoms with van der Waals surface area (Å²) < 4.78 is 0. The second-order valence-corrected chi connectivity index (χ2v) is 3.91. The molecule has 0 spiro atoms. The Balaban J connectivity index is 2.42. The fourth-order valence-electron chi connectivity index (χ4n) is 1.63. The normalized spacial score (nSPS) is 10.1. The summed E-state index contributed by atoms with van der Waals surface area (Å²) in [6.45, 7) is 0. The van der Waals surface area contributed by atoms with Crippen molar-refractivity contribution in [3.05, 3.63) is 59.2 Å². The number of phenolic OH excluding ortho intramolecular Hbond substituents is 1. The first kappa shape index (κ1) is 12.6. The molecule has 0 amide bonds. The highest BCUT2D eigenvalue weighted by molar-refractivity contribution is 6.10. The molecule has 0 aliphatic rings. The summed E-state index contributed by atoms with van der Waals surface area (Å²) in [5.41, 5.74) is 0.144. The SMILES string of the molecule is O=C(c1ccc(O)cc1)c1ccc(O)c(C(=O)O)c1. The van der Waals surface area contributed by atoms with Gasteiger partial charge in [-0.25, -0.2) is 4.79 Å². The third-order valence-electron chi connectivity index (χ3n) is 2.62. The molecular formula is C14H10O5. The van der Waals surface area contributed by atoms with Crippen molar-refractivity contribution in [2.75, 3.05) is 0 Å². The highest BCUT2D eigenvalue weighted by Gasteiger charge is 2.15. The molecule has 0 radical (unpaired) electrons. The van der Waals surface area contributed by atoms with E-state index in [1.54, 1.807) is 0 Å². The van der Waals surface area contributed by atoms with Crippen LogP contribution in [0.3, 0.4) is 0 Å². The molecule has 2 aromatic rings. The van der Waals surface area contributed by atoms with Gasteiger partial charge in [0.1, 0.15) is 17.1 Å². The van der Waals surface area contributed by atoms with E-state index in [9.17, 15) is 14.7 Å². The number of carbonyl (C=O) groups excluding carboxylic acids is 1. The fraction of sp³-hybridized carbons (Fsp3) is 0. The van der Waals surface area contributed by atoms with Crippen LogP contribution in [0.1, 0.15) is 26.3 Å². The molecule has 0 heterocycles. The van der Waals surface area contributed by atoms with Gasteiger partial charge in [-0.05, 0) is 42.5 Å². The molecule has 0 bridgehead atoms. The molecule has 0 unspecified atom stereocenters. The molecule has 0 saturated heterocycles. The van der Waals surface area contributed by atoms with Crippen LogP contribution < -0.4 is 0 Å². The summed E-state index contributed by atoms with van der Waals surface area (Å²) >= 11 is 0. The molecule has 96 valence electrons. The monoisotopic (exact) mass is 258 g/mol. The third kappa shape index (κ3) is 2.55. The zero-order valence-corrected chi connectivity index (χ0v) is 9.70. The van der Waals surface area contributed by atoms with Gasteiger partial charge in [-0.2, -0.15) is 0 Å². The summed E-state index contributed by atoms with van der Waals surface area (Å²) in [6, 6.07) is 9.23. The number of hydrogen-bond donors (Lipinski definition) is 3. The van der Waals surface area contributed by atoms with Crippen LogP contribution in [-0.4, -0.2) is 27.1 Å². The molecule has 19 heavy (non-hydrogen) atoms. The lowest BCUT2D eigenvalue weighted by Gasteiger charge is -2.04. The summed E-state index contributed by atoms with van der Waals surface area (Å²) in [5, 5.41) is 27.4. The summed E-state index contributed by atoms with van der Waals surface area (Å²) in [6.07, 6.45) is 0. The molecule has 0 saturated carbocycles. The molecule has 5 heteroatoms. The molecule has 2 aromatic carbocycles. The number of ketones is 1. The number of rotatable bonds is 3. The largest absolute Gasteiger partial charge is 0.508 e. The smallest absolute Gasteiger partial charge is 0.339 e. The van der Waals surface area contributed by atoms with Crippen molar-refractivity contribution < 1.29 is 24.9 Å². The fourth-order valence-corrected chi connectivity index (χ4v) is 1.63. The maximum absolute atomic E-state index is 12.1. The first-order valence-electron chi connectivity index (χ1n) is 5.39. The second kappa shape index (κ2) is 4.81. The average molecular weight is 258 g/mol. The van der Waals surface area contributed by atoms with Crippen LogP contribution in [0, 0.1) is 0 Å². The zero-order chi connectivity index (χ0) is 14.0. The van der Waals surface area contributed by atoms with Gasteiger partial charge in [0.05, 0.1) is 0 Å². The summed E-state index contributed by atoms with van der Waals surface area (Å²) in [4.78, 5) is 23.0. The van der Waals surface area contributed by atoms with Crippen molar-refractivity contribution in [3.63, 3.8) is 0 Å². The number of benzene rings is 2. The van der Waals surface area contributed by atoms with E-state index in [-0.39, 0.29) is 22.7 Å². The van der Waals surface area contributed by atoms with E-state index < -0.39 is 11.7 Å². The number of carbonyl (C=O) groups is 2. The van der Waals surface area contributed by atoms with Crippen LogP contribution >= 0.6 is 0 Å². The van der Waals surface area contributed by atoms with Gasteiger partial charge in [0.15, 0.2) is 5.78 Å². The van der Waals surface area contributed by atoms with Crippen LogP contribution in [0.15, 0.2) is 42.5 Å². The molecule has 0 aliphatic carbocycles. The van der Waals surface area contributed by atoms with Gasteiger partial charge in [-0.3, -0.25) is 4.79 Å². The second-order valence-electron chi connectivity index (χ2n) is 3.91. The van der Waals surface area contributed by atoms with Crippen molar-refractivity contribution in [2.24, 2.45) is 0 Å². The Labute approximate surface area is 108 Å². The lowest BCUT2D eigenvalue weighted by Crippen LogP contribution is -2.04. The van der Waals surface area contributed by atoms with E-state index in [0.29, 0.717) is 5.56 Å². The van der Waals surface area contributed by atoms with E-state index in [4.69, 9.17) is 10.2 Å². The molecular weight excluding hydrogens is 248 g/mol. The third-order valence-corrected chi connectivity index (χ3v) is 2.62. The van der Waals surface area contributed by atoms with Gasteiger partial charge >= 0.3 is 5.97 Å². The predicted molar refractivity (Wildman–Crippen MR) is 66.6 cm³/mol. The number of carboxylic acid groups (broad SMARTS) is 1. The van der Waals surface area contributed by atoms with Crippen molar-refractivity contribution in [3.8, 4) is 11.5 Å². The van der Waals surface area contributed by atoms with Gasteiger partial charge in [-0.1, -0.05) is 0 Å². The minimum atomic E-state index is -1.31.